The first kappa shape index (κ1) is 22.4. The summed E-state index contributed by atoms with van der Waals surface area (Å²) in [6.45, 7) is 2.86. The predicted octanol–water partition coefficient (Wildman–Crippen LogP) is 3.84. The van der Waals surface area contributed by atoms with Gasteiger partial charge in [0.2, 0.25) is 0 Å². The first-order chi connectivity index (χ1) is 15.3. The van der Waals surface area contributed by atoms with E-state index in [0.29, 0.717) is 11.1 Å². The molecule has 32 heavy (non-hydrogen) atoms. The molecule has 0 heterocycles. The third-order valence-corrected chi connectivity index (χ3v) is 4.78. The van der Waals surface area contributed by atoms with Gasteiger partial charge in [-0.25, -0.2) is 0 Å². The fraction of sp³-hybridized carbons (Fsp3) is 0.120. The highest BCUT2D eigenvalue weighted by atomic mass is 16.5. The molecular weight excluding hydrogens is 408 g/mol. The molecule has 0 aromatic heterocycles. The van der Waals surface area contributed by atoms with Gasteiger partial charge in [-0.2, -0.15) is 0 Å². The van der Waals surface area contributed by atoms with Crippen molar-refractivity contribution in [3.8, 4) is 11.5 Å². The van der Waals surface area contributed by atoms with Crippen LogP contribution in [0.25, 0.3) is 0 Å². The molecule has 7 heteroatoms. The van der Waals surface area contributed by atoms with E-state index in [0.717, 1.165) is 0 Å². The number of esters is 2. The quantitative estimate of drug-likeness (QED) is 0.193. The Morgan fingerprint density at radius 3 is 2.16 bits per heavy atom. The Bertz CT molecular complexity index is 1190. The number of nitrogen functional groups attached to an aromatic ring is 1. The van der Waals surface area contributed by atoms with Gasteiger partial charge in [0.05, 0.1) is 17.0 Å². The molecule has 0 saturated heterocycles. The molecule has 0 aliphatic heterocycles. The summed E-state index contributed by atoms with van der Waals surface area (Å²) in [5.41, 5.74) is 7.03. The number of carbonyl (C=O) groups is 3. The van der Waals surface area contributed by atoms with Crippen LogP contribution in [0.3, 0.4) is 0 Å². The highest BCUT2D eigenvalue weighted by molar-refractivity contribution is 6.11. The van der Waals surface area contributed by atoms with Crippen molar-refractivity contribution in [1.29, 1.82) is 5.41 Å². The Balaban J connectivity index is 1.86. The Morgan fingerprint density at radius 2 is 1.50 bits per heavy atom. The largest absolute Gasteiger partial charge is 0.426 e. The number of nitrogens with one attached hydrogen (secondary N) is 1. The van der Waals surface area contributed by atoms with Gasteiger partial charge < -0.3 is 15.2 Å². The average molecular weight is 430 g/mol. The number of ether oxygens (including phenoxy) is 2. The van der Waals surface area contributed by atoms with Crippen molar-refractivity contribution in [3.05, 3.63) is 95.1 Å². The molecule has 1 unspecified atom stereocenters. The molecule has 3 N–H and O–H groups in total. The summed E-state index contributed by atoms with van der Waals surface area (Å²) in [5.74, 6) is -2.21. The van der Waals surface area contributed by atoms with E-state index in [4.69, 9.17) is 20.6 Å². The van der Waals surface area contributed by atoms with E-state index in [1.807, 2.05) is 6.07 Å². The van der Waals surface area contributed by atoms with Crippen LogP contribution in [0.2, 0.25) is 0 Å². The summed E-state index contributed by atoms with van der Waals surface area (Å²) < 4.78 is 10.7. The molecule has 0 saturated carbocycles. The van der Waals surface area contributed by atoms with Crippen molar-refractivity contribution in [2.24, 2.45) is 5.73 Å². The first-order valence-corrected chi connectivity index (χ1v) is 9.85. The van der Waals surface area contributed by atoms with Crippen LogP contribution in [0.15, 0.2) is 72.8 Å². The van der Waals surface area contributed by atoms with Gasteiger partial charge in [0, 0.05) is 12.5 Å². The lowest BCUT2D eigenvalue weighted by Gasteiger charge is -2.16. The zero-order valence-corrected chi connectivity index (χ0v) is 17.6. The number of benzene rings is 3. The number of para-hydroxylation sites is 1. The summed E-state index contributed by atoms with van der Waals surface area (Å²) in [6, 6.07) is 19.8. The summed E-state index contributed by atoms with van der Waals surface area (Å²) in [4.78, 5) is 37.1. The van der Waals surface area contributed by atoms with Gasteiger partial charge in [-0.1, -0.05) is 48.5 Å². The van der Waals surface area contributed by atoms with Gasteiger partial charge in [0.1, 0.15) is 17.3 Å². The topological polar surface area (TPSA) is 120 Å². The van der Waals surface area contributed by atoms with Crippen molar-refractivity contribution in [2.45, 2.75) is 19.8 Å². The van der Waals surface area contributed by atoms with Crippen molar-refractivity contribution >= 4 is 23.6 Å². The van der Waals surface area contributed by atoms with Crippen LogP contribution in [-0.4, -0.2) is 23.6 Å². The SMILES string of the molecule is CC(=O)Oc1cc(C(C)C(=O)Oc2ccccc2C(=O)c2ccccc2)ccc1C(=N)N. The lowest BCUT2D eigenvalue weighted by atomic mass is 9.98. The monoisotopic (exact) mass is 430 g/mol. The van der Waals surface area contributed by atoms with Crippen LogP contribution < -0.4 is 15.2 Å². The average Bonchev–Trinajstić information content (AvgIpc) is 2.78. The minimum absolute atomic E-state index is 0.0850. The van der Waals surface area contributed by atoms with Crippen LogP contribution >= 0.6 is 0 Å². The molecule has 0 fully saturated rings. The summed E-state index contributed by atoms with van der Waals surface area (Å²) in [6.07, 6.45) is 0. The van der Waals surface area contributed by atoms with Crippen LogP contribution in [0.1, 0.15) is 46.8 Å². The van der Waals surface area contributed by atoms with Crippen molar-refractivity contribution < 1.29 is 23.9 Å². The van der Waals surface area contributed by atoms with Gasteiger partial charge >= 0.3 is 11.9 Å². The highest BCUT2D eigenvalue weighted by Crippen LogP contribution is 2.28. The third kappa shape index (κ3) is 5.07. The smallest absolute Gasteiger partial charge is 0.318 e. The molecule has 0 radical (unpaired) electrons. The maximum Gasteiger partial charge on any atom is 0.318 e. The Hall–Kier alpha value is -4.26. The zero-order valence-electron chi connectivity index (χ0n) is 17.6. The number of amidine groups is 1. The highest BCUT2D eigenvalue weighted by Gasteiger charge is 2.23. The molecule has 0 aliphatic rings. The van der Waals surface area contributed by atoms with Crippen LogP contribution in [0.4, 0.5) is 0 Å². The number of hydrogen-bond acceptors (Lipinski definition) is 6. The fourth-order valence-corrected chi connectivity index (χ4v) is 3.09. The molecular formula is C25H22N2O5. The molecule has 0 bridgehead atoms. The number of nitrogens with two attached hydrogens (primary N) is 1. The molecule has 162 valence electrons. The molecule has 0 aliphatic carbocycles. The van der Waals surface area contributed by atoms with E-state index in [1.54, 1.807) is 61.5 Å². The van der Waals surface area contributed by atoms with Crippen LogP contribution in [0.5, 0.6) is 11.5 Å². The Morgan fingerprint density at radius 1 is 0.844 bits per heavy atom. The lowest BCUT2D eigenvalue weighted by molar-refractivity contribution is -0.135. The lowest BCUT2D eigenvalue weighted by Crippen LogP contribution is -2.19. The predicted molar refractivity (Wildman–Crippen MR) is 119 cm³/mol. The van der Waals surface area contributed by atoms with Crippen molar-refractivity contribution in [3.63, 3.8) is 0 Å². The number of ketones is 1. The van der Waals surface area contributed by atoms with Crippen molar-refractivity contribution in [1.82, 2.24) is 0 Å². The molecule has 3 aromatic carbocycles. The second kappa shape index (κ2) is 9.70. The third-order valence-electron chi connectivity index (χ3n) is 4.78. The number of carbonyl (C=O) groups excluding carboxylic acids is 3. The van der Waals surface area contributed by atoms with Gasteiger partial charge in [-0.05, 0) is 36.8 Å². The number of hydrogen-bond donors (Lipinski definition) is 2. The van der Waals surface area contributed by atoms with E-state index < -0.39 is 17.9 Å². The summed E-state index contributed by atoms with van der Waals surface area (Å²) >= 11 is 0. The van der Waals surface area contributed by atoms with Gasteiger partial charge in [0.25, 0.3) is 0 Å². The van der Waals surface area contributed by atoms with E-state index in [-0.39, 0.29) is 34.2 Å². The molecule has 0 spiro atoms. The van der Waals surface area contributed by atoms with Crippen molar-refractivity contribution in [2.75, 3.05) is 0 Å². The normalized spacial score (nSPS) is 11.3. The van der Waals surface area contributed by atoms with E-state index >= 15 is 0 Å². The molecule has 0 amide bonds. The Labute approximate surface area is 185 Å². The molecule has 3 aromatic rings. The van der Waals surface area contributed by atoms with E-state index in [9.17, 15) is 14.4 Å². The minimum Gasteiger partial charge on any atom is -0.426 e. The molecule has 1 atom stereocenters. The van der Waals surface area contributed by atoms with E-state index in [2.05, 4.69) is 0 Å². The standard InChI is InChI=1S/C25H22N2O5/c1-15(18-12-13-20(24(26)27)22(14-18)31-16(2)28)25(30)32-21-11-7-6-10-19(21)23(29)17-8-4-3-5-9-17/h3-15H,1-2H3,(H3,26,27). The molecule has 3 rings (SSSR count). The van der Waals surface area contributed by atoms with Crippen LogP contribution in [-0.2, 0) is 9.59 Å². The van der Waals surface area contributed by atoms with Gasteiger partial charge in [-0.15, -0.1) is 0 Å². The maximum absolute atomic E-state index is 12.9. The molecule has 7 nitrogen and oxygen atoms in total. The Kier molecular flexibility index (Phi) is 6.80. The fourth-order valence-electron chi connectivity index (χ4n) is 3.09. The first-order valence-electron chi connectivity index (χ1n) is 9.85. The minimum atomic E-state index is -0.745. The van der Waals surface area contributed by atoms with Crippen LogP contribution in [0, 0.1) is 5.41 Å². The van der Waals surface area contributed by atoms with Gasteiger partial charge in [-0.3, -0.25) is 19.8 Å². The summed E-state index contributed by atoms with van der Waals surface area (Å²) in [7, 11) is 0. The maximum atomic E-state index is 12.9. The zero-order chi connectivity index (χ0) is 23.3. The van der Waals surface area contributed by atoms with E-state index in [1.165, 1.54) is 19.1 Å². The summed E-state index contributed by atoms with van der Waals surface area (Å²) in [5, 5.41) is 7.63. The second-order valence-corrected chi connectivity index (χ2v) is 7.10. The number of rotatable bonds is 7. The second-order valence-electron chi connectivity index (χ2n) is 7.10. The van der Waals surface area contributed by atoms with Gasteiger partial charge in [0.15, 0.2) is 5.78 Å².